The minimum atomic E-state index is -0.847. The Labute approximate surface area is 219 Å². The number of aliphatic hydroxyl groups is 1. The van der Waals surface area contributed by atoms with E-state index in [1.165, 1.54) is 11.8 Å². The van der Waals surface area contributed by atoms with Crippen LogP contribution in [0.15, 0.2) is 47.4 Å². The summed E-state index contributed by atoms with van der Waals surface area (Å²) in [5.74, 6) is -0.104. The largest absolute Gasteiger partial charge is 0.391 e. The molecule has 3 unspecified atom stereocenters. The number of hydrogen-bond donors (Lipinski definition) is 3. The predicted octanol–water partition coefficient (Wildman–Crippen LogP) is 4.47. The molecule has 0 heterocycles. The molecule has 0 saturated heterocycles. The van der Waals surface area contributed by atoms with Crippen LogP contribution in [0.25, 0.3) is 10.8 Å². The number of hydrogen-bond acceptors (Lipinski definition) is 5. The van der Waals surface area contributed by atoms with Gasteiger partial charge in [0, 0.05) is 16.6 Å². The van der Waals surface area contributed by atoms with Crippen LogP contribution < -0.4 is 10.6 Å². The molecule has 2 aromatic carbocycles. The molecule has 36 heavy (non-hydrogen) atoms. The molecule has 2 amide bonds. The number of rotatable bonds is 11. The van der Waals surface area contributed by atoms with Crippen molar-refractivity contribution in [2.75, 3.05) is 5.75 Å². The highest BCUT2D eigenvalue weighted by atomic mass is 32.2. The van der Waals surface area contributed by atoms with Gasteiger partial charge in [-0.25, -0.2) is 0 Å². The molecule has 3 rings (SSSR count). The fraction of sp³-hybridized carbons (Fsp3) is 0.536. The van der Waals surface area contributed by atoms with Gasteiger partial charge in [-0.3, -0.25) is 14.4 Å². The highest BCUT2D eigenvalue weighted by molar-refractivity contribution is 7.99. The van der Waals surface area contributed by atoms with Gasteiger partial charge in [-0.05, 0) is 67.3 Å². The van der Waals surface area contributed by atoms with Crippen LogP contribution in [0.3, 0.4) is 0 Å². The predicted molar refractivity (Wildman–Crippen MR) is 146 cm³/mol. The SMILES string of the molecule is [B]C(=O)N[C@H](CSc1ccc2ccccc2c1)C(=O)N[C@@H](CC)[C@H](O)CC1CCC(C)CC1C(C)=O. The van der Waals surface area contributed by atoms with Crippen molar-refractivity contribution in [2.45, 2.75) is 76.0 Å². The smallest absolute Gasteiger partial charge is 0.243 e. The van der Waals surface area contributed by atoms with Crippen LogP contribution in [0.5, 0.6) is 0 Å². The zero-order chi connectivity index (χ0) is 26.2. The van der Waals surface area contributed by atoms with Gasteiger partial charge in [-0.15, -0.1) is 11.8 Å². The Kier molecular flexibility index (Phi) is 10.4. The molecular formula is C28H37BN2O4S. The van der Waals surface area contributed by atoms with Crippen molar-refractivity contribution in [3.05, 3.63) is 42.5 Å². The molecule has 2 aromatic rings. The first-order chi connectivity index (χ1) is 17.2. The highest BCUT2D eigenvalue weighted by Crippen LogP contribution is 2.37. The van der Waals surface area contributed by atoms with Crippen molar-refractivity contribution in [3.8, 4) is 0 Å². The summed E-state index contributed by atoms with van der Waals surface area (Å²) in [5, 5.41) is 18.7. The third kappa shape index (κ3) is 7.84. The van der Waals surface area contributed by atoms with Crippen molar-refractivity contribution in [2.24, 2.45) is 17.8 Å². The monoisotopic (exact) mass is 508 g/mol. The number of Topliss-reactive ketones (excluding diaryl/α,β-unsaturated/α-hetero) is 1. The van der Waals surface area contributed by atoms with Crippen molar-refractivity contribution in [1.29, 1.82) is 0 Å². The maximum Gasteiger partial charge on any atom is 0.243 e. The number of nitrogens with one attached hydrogen (secondary N) is 2. The molecule has 1 aliphatic carbocycles. The minimum Gasteiger partial charge on any atom is -0.391 e. The lowest BCUT2D eigenvalue weighted by Crippen LogP contribution is -2.53. The molecular weight excluding hydrogens is 471 g/mol. The third-order valence-corrected chi connectivity index (χ3v) is 8.41. The zero-order valence-electron chi connectivity index (χ0n) is 21.4. The molecule has 0 spiro atoms. The molecule has 0 aromatic heterocycles. The number of aliphatic hydroxyl groups excluding tert-OH is 1. The van der Waals surface area contributed by atoms with E-state index >= 15 is 0 Å². The molecule has 3 N–H and O–H groups in total. The maximum absolute atomic E-state index is 13.1. The first kappa shape index (κ1) is 28.3. The van der Waals surface area contributed by atoms with Crippen LogP contribution in [-0.4, -0.2) is 54.4 Å². The van der Waals surface area contributed by atoms with E-state index in [1.54, 1.807) is 6.92 Å². The summed E-state index contributed by atoms with van der Waals surface area (Å²) in [7, 11) is 5.36. The fourth-order valence-electron chi connectivity index (χ4n) is 5.24. The molecule has 1 saturated carbocycles. The lowest BCUT2D eigenvalue weighted by Gasteiger charge is -2.36. The van der Waals surface area contributed by atoms with Crippen LogP contribution in [0, 0.1) is 17.8 Å². The van der Waals surface area contributed by atoms with Crippen LogP contribution in [0.1, 0.15) is 52.9 Å². The fourth-order valence-corrected chi connectivity index (χ4v) is 6.21. The van der Waals surface area contributed by atoms with Gasteiger partial charge in [0.05, 0.1) is 12.1 Å². The summed E-state index contributed by atoms with van der Waals surface area (Å²) in [6, 6.07) is 12.8. The van der Waals surface area contributed by atoms with Crippen LogP contribution in [0.2, 0.25) is 0 Å². The van der Waals surface area contributed by atoms with Gasteiger partial charge in [-0.1, -0.05) is 50.6 Å². The van der Waals surface area contributed by atoms with Gasteiger partial charge in [-0.2, -0.15) is 0 Å². The third-order valence-electron chi connectivity index (χ3n) is 7.32. The number of carbonyl (C=O) groups excluding carboxylic acids is 3. The number of ketones is 1. The normalized spacial score (nSPS) is 22.4. The van der Waals surface area contributed by atoms with E-state index in [1.807, 2.05) is 49.4 Å². The van der Waals surface area contributed by atoms with E-state index in [9.17, 15) is 19.5 Å². The number of thioether (sulfide) groups is 1. The molecule has 6 atom stereocenters. The summed E-state index contributed by atoms with van der Waals surface area (Å²) < 4.78 is 0. The summed E-state index contributed by atoms with van der Waals surface area (Å²) in [4.78, 5) is 37.9. The summed E-state index contributed by atoms with van der Waals surface area (Å²) in [6.45, 7) is 5.70. The van der Waals surface area contributed by atoms with Crippen molar-refractivity contribution < 1.29 is 19.5 Å². The highest BCUT2D eigenvalue weighted by Gasteiger charge is 2.35. The molecule has 0 aliphatic heterocycles. The Morgan fingerprint density at radius 1 is 1.11 bits per heavy atom. The second-order valence-corrected chi connectivity index (χ2v) is 11.2. The van der Waals surface area contributed by atoms with E-state index in [4.69, 9.17) is 7.85 Å². The van der Waals surface area contributed by atoms with E-state index in [-0.39, 0.29) is 23.5 Å². The van der Waals surface area contributed by atoms with Gasteiger partial charge in [0.15, 0.2) is 5.81 Å². The van der Waals surface area contributed by atoms with Gasteiger partial charge in [0.1, 0.15) is 11.8 Å². The first-order valence-corrected chi connectivity index (χ1v) is 13.8. The molecule has 6 nitrogen and oxygen atoms in total. The summed E-state index contributed by atoms with van der Waals surface area (Å²) in [6.07, 6.45) is 3.02. The number of amides is 2. The lowest BCUT2D eigenvalue weighted by molar-refractivity contribution is -0.126. The van der Waals surface area contributed by atoms with E-state index in [0.717, 1.165) is 34.9 Å². The van der Waals surface area contributed by atoms with Crippen LogP contribution >= 0.6 is 11.8 Å². The van der Waals surface area contributed by atoms with Gasteiger partial charge in [0.25, 0.3) is 0 Å². The molecule has 192 valence electrons. The topological polar surface area (TPSA) is 95.5 Å². The second-order valence-electron chi connectivity index (χ2n) is 10.1. The van der Waals surface area contributed by atoms with Crippen molar-refractivity contribution >= 4 is 47.9 Å². The minimum absolute atomic E-state index is 0.0424. The number of carbonyl (C=O) groups is 3. The summed E-state index contributed by atoms with van der Waals surface area (Å²) in [5.41, 5.74) is 0. The van der Waals surface area contributed by atoms with Gasteiger partial charge >= 0.3 is 0 Å². The molecule has 1 aliphatic rings. The average molecular weight is 508 g/mol. The zero-order valence-corrected chi connectivity index (χ0v) is 22.2. The first-order valence-electron chi connectivity index (χ1n) is 12.8. The van der Waals surface area contributed by atoms with Crippen LogP contribution in [-0.2, 0) is 9.59 Å². The molecule has 2 radical (unpaired) electrons. The Hall–Kier alpha value is -2.32. The summed E-state index contributed by atoms with van der Waals surface area (Å²) >= 11 is 1.46. The molecule has 8 heteroatoms. The maximum atomic E-state index is 13.1. The Morgan fingerprint density at radius 2 is 1.83 bits per heavy atom. The Bertz CT molecular complexity index is 1060. The van der Waals surface area contributed by atoms with E-state index < -0.39 is 24.0 Å². The molecule has 1 fully saturated rings. The van der Waals surface area contributed by atoms with E-state index in [2.05, 4.69) is 17.6 Å². The standard InChI is InChI=1S/C28H37BN2O4S/c1-4-24(26(33)15-21-10-9-17(2)13-23(21)18(3)32)30-27(34)25(31-28(29)35)16-36-22-12-11-19-7-5-6-8-20(19)14-22/h5-8,11-12,14,17,21,23-26,33H,4,9-10,13,15-16H2,1-3H3,(H,30,34)(H,31,35)/t17?,21?,23?,24-,25+,26+/m0/s1. The van der Waals surface area contributed by atoms with Gasteiger partial charge in [0.2, 0.25) is 13.8 Å². The average Bonchev–Trinajstić information content (AvgIpc) is 2.85. The second kappa shape index (κ2) is 13.3. The van der Waals surface area contributed by atoms with Crippen molar-refractivity contribution in [3.63, 3.8) is 0 Å². The number of benzene rings is 2. The van der Waals surface area contributed by atoms with E-state index in [0.29, 0.717) is 24.5 Å². The van der Waals surface area contributed by atoms with Gasteiger partial charge < -0.3 is 15.7 Å². The molecule has 0 bridgehead atoms. The van der Waals surface area contributed by atoms with Crippen LogP contribution in [0.4, 0.5) is 4.79 Å². The Balaban J connectivity index is 1.62. The number of fused-ring (bicyclic) bond motifs is 1. The quantitative estimate of drug-likeness (QED) is 0.308. The van der Waals surface area contributed by atoms with Crippen molar-refractivity contribution in [1.82, 2.24) is 10.6 Å². The lowest BCUT2D eigenvalue weighted by atomic mass is 9.70. The Morgan fingerprint density at radius 3 is 2.50 bits per heavy atom.